The SMILES string of the molecule is O=C(CCOc1ccccc1-c1ccccc1)Nc1cccc(Cn2cccn2)c1. The summed E-state index contributed by atoms with van der Waals surface area (Å²) in [5.41, 5.74) is 3.95. The Hall–Kier alpha value is -3.86. The molecule has 4 aromatic rings. The van der Waals surface area contributed by atoms with Crippen LogP contribution in [0.1, 0.15) is 12.0 Å². The molecule has 0 unspecified atom stereocenters. The summed E-state index contributed by atoms with van der Waals surface area (Å²) in [7, 11) is 0. The number of aromatic nitrogens is 2. The highest BCUT2D eigenvalue weighted by Gasteiger charge is 2.08. The molecule has 0 bridgehead atoms. The normalized spacial score (nSPS) is 10.5. The summed E-state index contributed by atoms with van der Waals surface area (Å²) >= 11 is 0. The Kier molecular flexibility index (Phi) is 6.20. The van der Waals surface area contributed by atoms with Gasteiger partial charge in [0.2, 0.25) is 5.91 Å². The fourth-order valence-electron chi connectivity index (χ4n) is 3.25. The van der Waals surface area contributed by atoms with Crippen LogP contribution in [0.15, 0.2) is 97.3 Å². The van der Waals surface area contributed by atoms with Crippen molar-refractivity contribution < 1.29 is 9.53 Å². The fraction of sp³-hybridized carbons (Fsp3) is 0.120. The number of benzene rings is 3. The molecule has 0 saturated heterocycles. The number of hydrogen-bond acceptors (Lipinski definition) is 3. The first kappa shape index (κ1) is 19.5. The zero-order chi connectivity index (χ0) is 20.6. The van der Waals surface area contributed by atoms with Gasteiger partial charge < -0.3 is 10.1 Å². The Morgan fingerprint density at radius 2 is 1.77 bits per heavy atom. The van der Waals surface area contributed by atoms with Crippen LogP contribution in [0, 0.1) is 0 Å². The van der Waals surface area contributed by atoms with Gasteiger partial charge in [-0.1, -0.05) is 60.7 Å². The molecule has 5 heteroatoms. The van der Waals surface area contributed by atoms with Crippen molar-refractivity contribution in [1.82, 2.24) is 9.78 Å². The van der Waals surface area contributed by atoms with E-state index in [1.54, 1.807) is 6.20 Å². The topological polar surface area (TPSA) is 56.1 Å². The van der Waals surface area contributed by atoms with E-state index in [1.807, 2.05) is 95.8 Å². The number of para-hydroxylation sites is 1. The molecule has 1 heterocycles. The van der Waals surface area contributed by atoms with Crippen molar-refractivity contribution in [3.63, 3.8) is 0 Å². The van der Waals surface area contributed by atoms with Crippen molar-refractivity contribution in [2.45, 2.75) is 13.0 Å². The summed E-state index contributed by atoms with van der Waals surface area (Å²) in [4.78, 5) is 12.4. The van der Waals surface area contributed by atoms with Crippen LogP contribution in [-0.4, -0.2) is 22.3 Å². The van der Waals surface area contributed by atoms with E-state index < -0.39 is 0 Å². The predicted molar refractivity (Wildman–Crippen MR) is 118 cm³/mol. The van der Waals surface area contributed by atoms with Crippen LogP contribution in [0.3, 0.4) is 0 Å². The quantitative estimate of drug-likeness (QED) is 0.455. The minimum atomic E-state index is -0.0802. The molecule has 0 fully saturated rings. The molecule has 1 N–H and O–H groups in total. The van der Waals surface area contributed by atoms with Crippen molar-refractivity contribution in [1.29, 1.82) is 0 Å². The molecule has 0 saturated carbocycles. The maximum Gasteiger partial charge on any atom is 0.227 e. The van der Waals surface area contributed by atoms with Crippen LogP contribution in [0.5, 0.6) is 5.75 Å². The summed E-state index contributed by atoms with van der Waals surface area (Å²) in [6, 6.07) is 27.6. The van der Waals surface area contributed by atoms with Crippen LogP contribution in [0.4, 0.5) is 5.69 Å². The number of rotatable bonds is 8. The van der Waals surface area contributed by atoms with Crippen molar-refractivity contribution in [2.75, 3.05) is 11.9 Å². The number of nitrogens with zero attached hydrogens (tertiary/aromatic N) is 2. The summed E-state index contributed by atoms with van der Waals surface area (Å²) in [6.07, 6.45) is 3.93. The number of carbonyl (C=O) groups excluding carboxylic acids is 1. The highest BCUT2D eigenvalue weighted by Crippen LogP contribution is 2.29. The van der Waals surface area contributed by atoms with Gasteiger partial charge in [-0.2, -0.15) is 5.10 Å². The van der Waals surface area contributed by atoms with Crippen molar-refractivity contribution in [2.24, 2.45) is 0 Å². The monoisotopic (exact) mass is 397 g/mol. The van der Waals surface area contributed by atoms with Gasteiger partial charge in [-0.05, 0) is 35.4 Å². The standard InChI is InChI=1S/C25H23N3O2/c29-25(27-22-11-6-8-20(18-22)19-28-16-7-15-26-28)14-17-30-24-13-5-4-12-23(24)21-9-2-1-3-10-21/h1-13,15-16,18H,14,17,19H2,(H,27,29). The molecule has 1 amide bonds. The second-order valence-corrected chi connectivity index (χ2v) is 6.91. The molecule has 4 rings (SSSR count). The van der Waals surface area contributed by atoms with Crippen LogP contribution in [-0.2, 0) is 11.3 Å². The molecular formula is C25H23N3O2. The molecule has 30 heavy (non-hydrogen) atoms. The van der Waals surface area contributed by atoms with Gasteiger partial charge in [0.25, 0.3) is 0 Å². The lowest BCUT2D eigenvalue weighted by Gasteiger charge is -2.12. The third-order valence-corrected chi connectivity index (χ3v) is 4.67. The molecule has 1 aromatic heterocycles. The first-order chi connectivity index (χ1) is 14.8. The Balaban J connectivity index is 1.32. The third kappa shape index (κ3) is 5.14. The number of amides is 1. The van der Waals surface area contributed by atoms with Gasteiger partial charge in [0.1, 0.15) is 5.75 Å². The molecule has 150 valence electrons. The molecule has 0 aliphatic carbocycles. The zero-order valence-corrected chi connectivity index (χ0v) is 16.6. The first-order valence-electron chi connectivity index (χ1n) is 9.91. The summed E-state index contributed by atoms with van der Waals surface area (Å²) in [6.45, 7) is 0.971. The first-order valence-corrected chi connectivity index (χ1v) is 9.91. The minimum absolute atomic E-state index is 0.0802. The summed E-state index contributed by atoms with van der Waals surface area (Å²) in [5.74, 6) is 0.696. The van der Waals surface area contributed by atoms with Crippen LogP contribution >= 0.6 is 0 Å². The Labute approximate surface area is 175 Å². The highest BCUT2D eigenvalue weighted by molar-refractivity contribution is 5.90. The summed E-state index contributed by atoms with van der Waals surface area (Å²) < 4.78 is 7.77. The van der Waals surface area contributed by atoms with Crippen molar-refractivity contribution >= 4 is 11.6 Å². The van der Waals surface area contributed by atoms with Crippen LogP contribution < -0.4 is 10.1 Å². The van der Waals surface area contributed by atoms with Crippen LogP contribution in [0.2, 0.25) is 0 Å². The van der Waals surface area contributed by atoms with Crippen molar-refractivity contribution in [3.05, 3.63) is 103 Å². The lowest BCUT2D eigenvalue weighted by Crippen LogP contribution is -2.15. The smallest absolute Gasteiger partial charge is 0.227 e. The van der Waals surface area contributed by atoms with E-state index in [-0.39, 0.29) is 12.3 Å². The van der Waals surface area contributed by atoms with E-state index in [2.05, 4.69) is 10.4 Å². The highest BCUT2D eigenvalue weighted by atomic mass is 16.5. The molecule has 0 radical (unpaired) electrons. The second-order valence-electron chi connectivity index (χ2n) is 6.91. The number of nitrogens with one attached hydrogen (secondary N) is 1. The average molecular weight is 397 g/mol. The number of carbonyl (C=O) groups is 1. The molecular weight excluding hydrogens is 374 g/mol. The van der Waals surface area contributed by atoms with E-state index in [0.29, 0.717) is 13.2 Å². The lowest BCUT2D eigenvalue weighted by atomic mass is 10.1. The average Bonchev–Trinajstić information content (AvgIpc) is 3.28. The maximum atomic E-state index is 12.4. The third-order valence-electron chi connectivity index (χ3n) is 4.67. The molecule has 3 aromatic carbocycles. The van der Waals surface area contributed by atoms with Gasteiger partial charge in [0.15, 0.2) is 0 Å². The van der Waals surface area contributed by atoms with Gasteiger partial charge in [0.05, 0.1) is 19.6 Å². The molecule has 0 aliphatic heterocycles. The molecule has 0 aliphatic rings. The number of hydrogen-bond donors (Lipinski definition) is 1. The molecule has 5 nitrogen and oxygen atoms in total. The van der Waals surface area contributed by atoms with Gasteiger partial charge in [0, 0.05) is 23.6 Å². The van der Waals surface area contributed by atoms with Gasteiger partial charge in [-0.3, -0.25) is 9.48 Å². The fourth-order valence-corrected chi connectivity index (χ4v) is 3.25. The van der Waals surface area contributed by atoms with E-state index in [9.17, 15) is 4.79 Å². The van der Waals surface area contributed by atoms with E-state index in [0.717, 1.165) is 28.1 Å². The number of ether oxygens (including phenoxy) is 1. The largest absolute Gasteiger partial charge is 0.492 e. The number of anilines is 1. The van der Waals surface area contributed by atoms with E-state index >= 15 is 0 Å². The van der Waals surface area contributed by atoms with E-state index in [1.165, 1.54) is 0 Å². The van der Waals surface area contributed by atoms with Crippen LogP contribution in [0.25, 0.3) is 11.1 Å². The van der Waals surface area contributed by atoms with Gasteiger partial charge in [-0.25, -0.2) is 0 Å². The molecule has 0 spiro atoms. The van der Waals surface area contributed by atoms with Gasteiger partial charge >= 0.3 is 0 Å². The Morgan fingerprint density at radius 3 is 2.60 bits per heavy atom. The second kappa shape index (κ2) is 9.56. The molecule has 0 atom stereocenters. The Morgan fingerprint density at radius 1 is 0.933 bits per heavy atom. The maximum absolute atomic E-state index is 12.4. The van der Waals surface area contributed by atoms with E-state index in [4.69, 9.17) is 4.74 Å². The minimum Gasteiger partial charge on any atom is -0.492 e. The van der Waals surface area contributed by atoms with Crippen molar-refractivity contribution in [3.8, 4) is 16.9 Å². The van der Waals surface area contributed by atoms with Gasteiger partial charge in [-0.15, -0.1) is 0 Å². The summed E-state index contributed by atoms with van der Waals surface area (Å²) in [5, 5.41) is 7.16. The predicted octanol–water partition coefficient (Wildman–Crippen LogP) is 5.01. The Bertz CT molecular complexity index is 1090. The lowest BCUT2D eigenvalue weighted by molar-refractivity contribution is -0.116. The zero-order valence-electron chi connectivity index (χ0n) is 16.6.